The molecule has 0 atom stereocenters. The molecule has 0 unspecified atom stereocenters. The minimum Gasteiger partial charge on any atom is -0.504 e. The maximum atomic E-state index is 4.75. The average molecular weight is 133 g/mol. The normalized spacial score (nSPS) is 10.1. The van der Waals surface area contributed by atoms with Crippen molar-refractivity contribution in [1.82, 2.24) is 0 Å². The highest BCUT2D eigenvalue weighted by atomic mass is 16.5. The molecule has 1 heteroatoms. The van der Waals surface area contributed by atoms with Gasteiger partial charge in [0.25, 0.3) is 0 Å². The second kappa shape index (κ2) is 3.72. The van der Waals surface area contributed by atoms with Gasteiger partial charge in [-0.25, -0.2) is 0 Å². The van der Waals surface area contributed by atoms with Crippen molar-refractivity contribution in [2.75, 3.05) is 7.11 Å². The third-order valence-electron chi connectivity index (χ3n) is 1.14. The molecule has 0 bridgehead atoms. The van der Waals surface area contributed by atoms with Crippen LogP contribution in [0.3, 0.4) is 0 Å². The second-order valence-electron chi connectivity index (χ2n) is 1.87. The molecule has 1 rings (SSSR count). The summed E-state index contributed by atoms with van der Waals surface area (Å²) in [6.07, 6.45) is 3.54. The molecule has 0 aliphatic heterocycles. The molecule has 10 heavy (non-hydrogen) atoms. The highest BCUT2D eigenvalue weighted by Crippen LogP contribution is 1.99. The highest BCUT2D eigenvalue weighted by Gasteiger charge is 1.79. The van der Waals surface area contributed by atoms with E-state index in [1.54, 1.807) is 13.4 Å². The van der Waals surface area contributed by atoms with Crippen molar-refractivity contribution in [3.63, 3.8) is 0 Å². The fraction of sp³-hybridized carbons (Fsp3) is 0.111. The molecule has 0 fully saturated rings. The Labute approximate surface area is 61.0 Å². The first-order chi connectivity index (χ1) is 4.93. The van der Waals surface area contributed by atoms with Gasteiger partial charge in [0.2, 0.25) is 0 Å². The maximum Gasteiger partial charge on any atom is 0.0830 e. The molecule has 0 N–H and O–H groups in total. The lowest BCUT2D eigenvalue weighted by molar-refractivity contribution is 0.341. The van der Waals surface area contributed by atoms with Gasteiger partial charge in [0.15, 0.2) is 0 Å². The molecule has 0 saturated carbocycles. The van der Waals surface area contributed by atoms with Crippen LogP contribution in [0.2, 0.25) is 0 Å². The van der Waals surface area contributed by atoms with E-state index in [4.69, 9.17) is 4.74 Å². The summed E-state index contributed by atoms with van der Waals surface area (Å²) in [7, 11) is 1.63. The van der Waals surface area contributed by atoms with Crippen LogP contribution < -0.4 is 0 Å². The lowest BCUT2D eigenvalue weighted by Gasteiger charge is -1.89. The second-order valence-corrected chi connectivity index (χ2v) is 1.87. The van der Waals surface area contributed by atoms with Crippen molar-refractivity contribution in [3.8, 4) is 0 Å². The van der Waals surface area contributed by atoms with Crippen molar-refractivity contribution in [3.05, 3.63) is 42.2 Å². The quantitative estimate of drug-likeness (QED) is 0.561. The molecule has 1 aromatic carbocycles. The van der Waals surface area contributed by atoms with Crippen LogP contribution in [0.15, 0.2) is 30.5 Å². The fourth-order valence-electron chi connectivity index (χ4n) is 0.658. The minimum atomic E-state index is 1.13. The smallest absolute Gasteiger partial charge is 0.0830 e. The molecule has 0 heterocycles. The van der Waals surface area contributed by atoms with Crippen molar-refractivity contribution < 1.29 is 4.74 Å². The van der Waals surface area contributed by atoms with Gasteiger partial charge in [0.1, 0.15) is 0 Å². The van der Waals surface area contributed by atoms with Gasteiger partial charge in [0.05, 0.1) is 13.4 Å². The van der Waals surface area contributed by atoms with Gasteiger partial charge in [-0.3, -0.25) is 0 Å². The summed E-state index contributed by atoms with van der Waals surface area (Å²) in [5.41, 5.74) is 1.13. The Hall–Kier alpha value is -1.24. The summed E-state index contributed by atoms with van der Waals surface area (Å²) in [6.45, 7) is 0. The molecule has 0 spiro atoms. The van der Waals surface area contributed by atoms with Crippen LogP contribution in [0.5, 0.6) is 0 Å². The number of rotatable bonds is 2. The molecular weight excluding hydrogens is 124 g/mol. The number of hydrogen-bond acceptors (Lipinski definition) is 1. The Morgan fingerprint density at radius 2 is 2.10 bits per heavy atom. The third kappa shape index (κ3) is 1.94. The third-order valence-corrected chi connectivity index (χ3v) is 1.14. The van der Waals surface area contributed by atoms with Gasteiger partial charge in [-0.1, -0.05) is 24.3 Å². The van der Waals surface area contributed by atoms with E-state index < -0.39 is 0 Å². The minimum absolute atomic E-state index is 1.13. The average Bonchev–Trinajstić information content (AvgIpc) is 2.03. The van der Waals surface area contributed by atoms with Crippen molar-refractivity contribution >= 4 is 6.08 Å². The Balaban J connectivity index is 2.67. The van der Waals surface area contributed by atoms with E-state index in [2.05, 4.69) is 6.07 Å². The van der Waals surface area contributed by atoms with Crippen LogP contribution >= 0.6 is 0 Å². The first-order valence-corrected chi connectivity index (χ1v) is 3.09. The van der Waals surface area contributed by atoms with Gasteiger partial charge in [-0.15, -0.1) is 0 Å². The van der Waals surface area contributed by atoms with Gasteiger partial charge in [0, 0.05) is 0 Å². The first-order valence-electron chi connectivity index (χ1n) is 3.09. The Kier molecular flexibility index (Phi) is 2.56. The molecule has 1 nitrogen and oxygen atoms in total. The summed E-state index contributed by atoms with van der Waals surface area (Å²) in [5, 5.41) is 0. The van der Waals surface area contributed by atoms with Gasteiger partial charge in [-0.2, -0.15) is 0 Å². The van der Waals surface area contributed by atoms with E-state index in [9.17, 15) is 0 Å². The molecule has 51 valence electrons. The SMILES string of the molecule is COC=Cc1cc[c]cc1. The Bertz CT molecular complexity index is 201. The van der Waals surface area contributed by atoms with Gasteiger partial charge < -0.3 is 4.74 Å². The van der Waals surface area contributed by atoms with Crippen molar-refractivity contribution in [2.24, 2.45) is 0 Å². The lowest BCUT2D eigenvalue weighted by Crippen LogP contribution is -1.69. The van der Waals surface area contributed by atoms with Crippen LogP contribution in [0, 0.1) is 6.07 Å². The van der Waals surface area contributed by atoms with Crippen LogP contribution in [-0.4, -0.2) is 7.11 Å². The van der Waals surface area contributed by atoms with E-state index in [1.807, 2.05) is 30.3 Å². The van der Waals surface area contributed by atoms with E-state index in [1.165, 1.54) is 0 Å². The predicted octanol–water partition coefficient (Wildman–Crippen LogP) is 2.10. The summed E-state index contributed by atoms with van der Waals surface area (Å²) in [6, 6.07) is 10.6. The number of methoxy groups -OCH3 is 1. The molecule has 0 aliphatic rings. The number of ether oxygens (including phenoxy) is 1. The Morgan fingerprint density at radius 1 is 1.40 bits per heavy atom. The van der Waals surface area contributed by atoms with Crippen LogP contribution in [0.25, 0.3) is 6.08 Å². The Morgan fingerprint density at radius 3 is 2.70 bits per heavy atom. The number of benzene rings is 1. The summed E-state index contributed by atoms with van der Waals surface area (Å²) in [5.74, 6) is 0. The van der Waals surface area contributed by atoms with Gasteiger partial charge >= 0.3 is 0 Å². The summed E-state index contributed by atoms with van der Waals surface area (Å²) < 4.78 is 4.75. The van der Waals surface area contributed by atoms with Crippen molar-refractivity contribution in [1.29, 1.82) is 0 Å². The highest BCUT2D eigenvalue weighted by molar-refractivity contribution is 5.47. The largest absolute Gasteiger partial charge is 0.504 e. The zero-order valence-corrected chi connectivity index (χ0v) is 5.87. The molecule has 0 saturated heterocycles. The van der Waals surface area contributed by atoms with Crippen LogP contribution in [0.1, 0.15) is 5.56 Å². The van der Waals surface area contributed by atoms with Crippen LogP contribution in [-0.2, 0) is 4.74 Å². The van der Waals surface area contributed by atoms with E-state index in [-0.39, 0.29) is 0 Å². The zero-order chi connectivity index (χ0) is 7.23. The molecule has 0 amide bonds. The maximum absolute atomic E-state index is 4.75. The van der Waals surface area contributed by atoms with Gasteiger partial charge in [-0.05, 0) is 17.7 Å². The van der Waals surface area contributed by atoms with Crippen molar-refractivity contribution in [2.45, 2.75) is 0 Å². The van der Waals surface area contributed by atoms with E-state index in [0.29, 0.717) is 0 Å². The first kappa shape index (κ1) is 6.87. The number of hydrogen-bond donors (Lipinski definition) is 0. The van der Waals surface area contributed by atoms with E-state index >= 15 is 0 Å². The predicted molar refractivity (Wildman–Crippen MR) is 41.3 cm³/mol. The molecule has 1 aromatic rings. The van der Waals surface area contributed by atoms with Crippen LogP contribution in [0.4, 0.5) is 0 Å². The monoisotopic (exact) mass is 133 g/mol. The lowest BCUT2D eigenvalue weighted by atomic mass is 10.2. The molecule has 1 radical (unpaired) electrons. The topological polar surface area (TPSA) is 9.23 Å². The molecule has 0 aromatic heterocycles. The van der Waals surface area contributed by atoms with E-state index in [0.717, 1.165) is 5.56 Å². The fourth-order valence-corrected chi connectivity index (χ4v) is 0.658. The summed E-state index contributed by atoms with van der Waals surface area (Å²) >= 11 is 0. The molecule has 0 aliphatic carbocycles. The zero-order valence-electron chi connectivity index (χ0n) is 5.87. The standard InChI is InChI=1S/C9H9O/c1-10-8-7-9-5-3-2-4-6-9/h3-8H,1H3. The summed E-state index contributed by atoms with van der Waals surface area (Å²) in [4.78, 5) is 0. The molecular formula is C9H9O.